The van der Waals surface area contributed by atoms with Gasteiger partial charge in [-0.1, -0.05) is 86.3 Å². The fourth-order valence-electron chi connectivity index (χ4n) is 4.25. The summed E-state index contributed by atoms with van der Waals surface area (Å²) in [5.74, 6) is 1.61. The SMILES string of the molecule is C[N+](C)(C)[C@@H](Cc1ccccc1)C(=O)OCCCCCCCCOc1ccc(OCc2ccccc2)cc1.[I-]. The van der Waals surface area contributed by atoms with Crippen LogP contribution in [0.25, 0.3) is 0 Å². The van der Waals surface area contributed by atoms with Crippen LogP contribution in [0.2, 0.25) is 0 Å². The van der Waals surface area contributed by atoms with E-state index in [1.807, 2.05) is 60.7 Å². The van der Waals surface area contributed by atoms with Gasteiger partial charge in [-0.05, 0) is 48.2 Å². The largest absolute Gasteiger partial charge is 1.00 e. The first kappa shape index (κ1) is 32.6. The lowest BCUT2D eigenvalue weighted by molar-refractivity contribution is -0.887. The number of likely N-dealkylation sites (N-methyl/N-ethyl adjacent to an activating group) is 1. The zero-order valence-corrected chi connectivity index (χ0v) is 25.8. The molecule has 0 radical (unpaired) electrons. The van der Waals surface area contributed by atoms with Crippen LogP contribution in [0.4, 0.5) is 0 Å². The lowest BCUT2D eigenvalue weighted by atomic mass is 10.0. The highest BCUT2D eigenvalue weighted by Gasteiger charge is 2.33. The van der Waals surface area contributed by atoms with E-state index in [2.05, 4.69) is 45.4 Å². The molecule has 39 heavy (non-hydrogen) atoms. The summed E-state index contributed by atoms with van der Waals surface area (Å²) in [4.78, 5) is 12.8. The van der Waals surface area contributed by atoms with Gasteiger partial charge in [0.05, 0.1) is 34.4 Å². The van der Waals surface area contributed by atoms with Crippen molar-refractivity contribution in [2.24, 2.45) is 0 Å². The standard InChI is InChI=1S/C33H44NO4.HI/c1-34(2,3)32(26-28-16-10-8-11-17-28)33(35)37-25-15-7-5-4-6-14-24-36-30-20-22-31(23-21-30)38-27-29-18-12-9-13-19-29;/h8-13,16-23,32H,4-7,14-15,24-27H2,1-3H3;1H/q+1;/p-1/t32-;/m0./s1. The molecule has 6 heteroatoms. The van der Waals surface area contributed by atoms with Crippen molar-refractivity contribution in [3.8, 4) is 11.5 Å². The fourth-order valence-corrected chi connectivity index (χ4v) is 4.25. The van der Waals surface area contributed by atoms with E-state index in [0.29, 0.717) is 24.1 Å². The Morgan fingerprint density at radius 1 is 0.641 bits per heavy atom. The Kier molecular flexibility index (Phi) is 15.0. The monoisotopic (exact) mass is 645 g/mol. The van der Waals surface area contributed by atoms with Gasteiger partial charge in [-0.15, -0.1) is 0 Å². The lowest BCUT2D eigenvalue weighted by Gasteiger charge is -2.32. The molecule has 0 aliphatic rings. The highest BCUT2D eigenvalue weighted by atomic mass is 127. The number of unbranched alkanes of at least 4 members (excludes halogenated alkanes) is 5. The first-order valence-corrected chi connectivity index (χ1v) is 13.8. The minimum Gasteiger partial charge on any atom is -1.00 e. The number of rotatable bonds is 17. The van der Waals surface area contributed by atoms with Crippen LogP contribution in [-0.2, 0) is 22.6 Å². The topological polar surface area (TPSA) is 44.8 Å². The van der Waals surface area contributed by atoms with Crippen molar-refractivity contribution in [2.75, 3.05) is 34.4 Å². The number of halogens is 1. The molecule has 0 amide bonds. The second-order valence-corrected chi connectivity index (χ2v) is 10.7. The average molecular weight is 646 g/mol. The van der Waals surface area contributed by atoms with Crippen LogP contribution in [0.15, 0.2) is 84.9 Å². The molecule has 0 fully saturated rings. The first-order chi connectivity index (χ1) is 18.4. The van der Waals surface area contributed by atoms with Crippen LogP contribution in [0, 0.1) is 0 Å². The highest BCUT2D eigenvalue weighted by molar-refractivity contribution is 5.75. The van der Waals surface area contributed by atoms with Crippen molar-refractivity contribution in [1.82, 2.24) is 0 Å². The Balaban J connectivity index is 0.00000533. The van der Waals surface area contributed by atoms with Crippen molar-refractivity contribution < 1.29 is 47.5 Å². The summed E-state index contributed by atoms with van der Waals surface area (Å²) in [6.45, 7) is 1.78. The molecule has 0 unspecified atom stereocenters. The van der Waals surface area contributed by atoms with Gasteiger partial charge in [0, 0.05) is 6.42 Å². The molecule has 0 saturated carbocycles. The van der Waals surface area contributed by atoms with Crippen LogP contribution in [0.3, 0.4) is 0 Å². The van der Waals surface area contributed by atoms with Crippen molar-refractivity contribution in [2.45, 2.75) is 57.6 Å². The predicted octanol–water partition coefficient (Wildman–Crippen LogP) is 3.85. The third-order valence-electron chi connectivity index (χ3n) is 6.60. The Morgan fingerprint density at radius 2 is 1.13 bits per heavy atom. The summed E-state index contributed by atoms with van der Waals surface area (Å²) in [5.41, 5.74) is 2.32. The van der Waals surface area contributed by atoms with Gasteiger partial charge < -0.3 is 42.7 Å². The normalized spacial score (nSPS) is 11.8. The maximum absolute atomic E-state index is 12.8. The Labute approximate surface area is 252 Å². The van der Waals surface area contributed by atoms with Gasteiger partial charge in [0.15, 0.2) is 6.04 Å². The molecule has 3 aromatic rings. The van der Waals surface area contributed by atoms with E-state index in [1.165, 1.54) is 6.42 Å². The molecule has 0 aromatic heterocycles. The van der Waals surface area contributed by atoms with Gasteiger partial charge >= 0.3 is 5.97 Å². The number of nitrogens with zero attached hydrogens (tertiary/aromatic N) is 1. The molecule has 5 nitrogen and oxygen atoms in total. The van der Waals surface area contributed by atoms with E-state index in [1.54, 1.807) is 0 Å². The Hall–Kier alpha value is -2.58. The number of hydrogen-bond donors (Lipinski definition) is 0. The molecule has 1 atom stereocenters. The van der Waals surface area contributed by atoms with E-state index in [4.69, 9.17) is 14.2 Å². The summed E-state index contributed by atoms with van der Waals surface area (Å²) in [5, 5.41) is 0. The zero-order chi connectivity index (χ0) is 27.1. The lowest BCUT2D eigenvalue weighted by Crippen LogP contribution is -3.00. The molecular formula is C33H44INO4. The molecule has 212 valence electrons. The molecular weight excluding hydrogens is 601 g/mol. The summed E-state index contributed by atoms with van der Waals surface area (Å²) in [7, 11) is 6.15. The molecule has 0 N–H and O–H groups in total. The van der Waals surface area contributed by atoms with Crippen LogP contribution in [-0.4, -0.2) is 50.9 Å². The summed E-state index contributed by atoms with van der Waals surface area (Å²) >= 11 is 0. The third-order valence-corrected chi connectivity index (χ3v) is 6.60. The number of ether oxygens (including phenoxy) is 3. The van der Waals surface area contributed by atoms with E-state index in [9.17, 15) is 4.79 Å². The van der Waals surface area contributed by atoms with Crippen molar-refractivity contribution >= 4 is 5.97 Å². The smallest absolute Gasteiger partial charge is 0.365 e. The fraction of sp³-hybridized carbons (Fsp3) is 0.424. The minimum atomic E-state index is -0.199. The number of carbonyl (C=O) groups is 1. The van der Waals surface area contributed by atoms with Crippen LogP contribution >= 0.6 is 0 Å². The molecule has 3 rings (SSSR count). The molecule has 0 aliphatic carbocycles. The van der Waals surface area contributed by atoms with Crippen LogP contribution < -0.4 is 33.5 Å². The number of hydrogen-bond acceptors (Lipinski definition) is 4. The van der Waals surface area contributed by atoms with Gasteiger partial charge in [0.1, 0.15) is 18.1 Å². The quantitative estimate of drug-likeness (QED) is 0.0970. The Morgan fingerprint density at radius 3 is 1.69 bits per heavy atom. The minimum absolute atomic E-state index is 0. The molecule has 0 heterocycles. The molecule has 0 spiro atoms. The summed E-state index contributed by atoms with van der Waals surface area (Å²) in [6.07, 6.45) is 7.16. The van der Waals surface area contributed by atoms with Gasteiger partial charge in [-0.2, -0.15) is 0 Å². The first-order valence-electron chi connectivity index (χ1n) is 13.8. The maximum atomic E-state index is 12.8. The Bertz CT molecular complexity index is 1050. The molecule has 3 aromatic carbocycles. The zero-order valence-electron chi connectivity index (χ0n) is 23.7. The number of benzene rings is 3. The van der Waals surface area contributed by atoms with Crippen molar-refractivity contribution in [3.05, 3.63) is 96.1 Å². The number of quaternary nitrogens is 1. The molecule has 0 bridgehead atoms. The average Bonchev–Trinajstić information content (AvgIpc) is 2.92. The third kappa shape index (κ3) is 12.9. The van der Waals surface area contributed by atoms with Gasteiger partial charge in [0.2, 0.25) is 0 Å². The van der Waals surface area contributed by atoms with Gasteiger partial charge in [-0.25, -0.2) is 4.79 Å². The van der Waals surface area contributed by atoms with Gasteiger partial charge in [0.25, 0.3) is 0 Å². The van der Waals surface area contributed by atoms with E-state index in [0.717, 1.165) is 61.3 Å². The van der Waals surface area contributed by atoms with Crippen molar-refractivity contribution in [1.29, 1.82) is 0 Å². The van der Waals surface area contributed by atoms with Crippen LogP contribution in [0.5, 0.6) is 11.5 Å². The van der Waals surface area contributed by atoms with Crippen LogP contribution in [0.1, 0.15) is 49.7 Å². The van der Waals surface area contributed by atoms with Gasteiger partial charge in [-0.3, -0.25) is 0 Å². The van der Waals surface area contributed by atoms with Crippen molar-refractivity contribution in [3.63, 3.8) is 0 Å². The predicted molar refractivity (Wildman–Crippen MR) is 153 cm³/mol. The van der Waals surface area contributed by atoms with E-state index < -0.39 is 0 Å². The number of esters is 1. The molecule has 0 aliphatic heterocycles. The summed E-state index contributed by atoms with van der Waals surface area (Å²) in [6, 6.07) is 28.0. The van der Waals surface area contributed by atoms with E-state index in [-0.39, 0.29) is 36.0 Å². The second-order valence-electron chi connectivity index (χ2n) is 10.7. The summed E-state index contributed by atoms with van der Waals surface area (Å²) < 4.78 is 17.9. The second kappa shape index (κ2) is 17.9. The van der Waals surface area contributed by atoms with E-state index >= 15 is 0 Å². The maximum Gasteiger partial charge on any atom is 0.365 e. The number of carbonyl (C=O) groups excluding carboxylic acids is 1. The molecule has 0 saturated heterocycles. The highest BCUT2D eigenvalue weighted by Crippen LogP contribution is 2.19.